The number of aliphatic hydroxyl groups is 1. The zero-order valence-corrected chi connectivity index (χ0v) is 13.5. The largest absolute Gasteiger partial charge is 0.444 e. The third-order valence-electron chi connectivity index (χ3n) is 2.54. The van der Waals surface area contributed by atoms with E-state index in [0.717, 1.165) is 5.56 Å². The molecule has 1 rings (SSSR count). The first-order valence-corrected chi connectivity index (χ1v) is 7.35. The minimum atomic E-state index is -0.476. The SMILES string of the molecule is CC(C)(C)OC(=O)NC/C=C/CNCc1cnn(CCO)c1. The maximum Gasteiger partial charge on any atom is 0.407 e. The molecule has 0 radical (unpaired) electrons. The molecule has 22 heavy (non-hydrogen) atoms. The molecular weight excluding hydrogens is 284 g/mol. The number of hydrogen-bond donors (Lipinski definition) is 3. The second-order valence-corrected chi connectivity index (χ2v) is 5.82. The van der Waals surface area contributed by atoms with Crippen LogP contribution in [0, 0.1) is 0 Å². The van der Waals surface area contributed by atoms with Gasteiger partial charge in [0.1, 0.15) is 5.60 Å². The Balaban J connectivity index is 2.10. The van der Waals surface area contributed by atoms with Crippen molar-refractivity contribution in [3.05, 3.63) is 30.1 Å². The summed E-state index contributed by atoms with van der Waals surface area (Å²) in [5, 5.41) is 18.8. The van der Waals surface area contributed by atoms with E-state index in [4.69, 9.17) is 9.84 Å². The van der Waals surface area contributed by atoms with Gasteiger partial charge in [0.25, 0.3) is 0 Å². The summed E-state index contributed by atoms with van der Waals surface area (Å²) in [5.74, 6) is 0. The van der Waals surface area contributed by atoms with Gasteiger partial charge in [-0.2, -0.15) is 5.10 Å². The van der Waals surface area contributed by atoms with Crippen molar-refractivity contribution in [2.45, 2.75) is 39.5 Å². The molecule has 0 spiro atoms. The molecule has 1 amide bonds. The van der Waals surface area contributed by atoms with Gasteiger partial charge in [-0.05, 0) is 20.8 Å². The number of aliphatic hydroxyl groups excluding tert-OH is 1. The predicted molar refractivity (Wildman–Crippen MR) is 84.4 cm³/mol. The molecule has 1 heterocycles. The number of rotatable bonds is 8. The maximum absolute atomic E-state index is 11.4. The van der Waals surface area contributed by atoms with Gasteiger partial charge in [-0.1, -0.05) is 12.2 Å². The minimum absolute atomic E-state index is 0.0853. The highest BCUT2D eigenvalue weighted by Crippen LogP contribution is 2.06. The van der Waals surface area contributed by atoms with E-state index < -0.39 is 11.7 Å². The van der Waals surface area contributed by atoms with Gasteiger partial charge < -0.3 is 20.5 Å². The van der Waals surface area contributed by atoms with Crippen molar-refractivity contribution >= 4 is 6.09 Å². The number of aromatic nitrogens is 2. The molecule has 0 aliphatic carbocycles. The van der Waals surface area contributed by atoms with Crippen molar-refractivity contribution in [1.82, 2.24) is 20.4 Å². The number of nitrogens with one attached hydrogen (secondary N) is 2. The molecule has 0 aliphatic heterocycles. The van der Waals surface area contributed by atoms with Gasteiger partial charge in [-0.15, -0.1) is 0 Å². The van der Waals surface area contributed by atoms with Crippen LogP contribution in [0.5, 0.6) is 0 Å². The highest BCUT2D eigenvalue weighted by atomic mass is 16.6. The average Bonchev–Trinajstić information content (AvgIpc) is 2.84. The predicted octanol–water partition coefficient (Wildman–Crippen LogP) is 1.05. The molecule has 124 valence electrons. The van der Waals surface area contributed by atoms with E-state index in [0.29, 0.717) is 26.2 Å². The molecule has 7 nitrogen and oxygen atoms in total. The lowest BCUT2D eigenvalue weighted by atomic mass is 10.2. The first-order chi connectivity index (χ1) is 10.4. The van der Waals surface area contributed by atoms with Crippen LogP contribution < -0.4 is 10.6 Å². The van der Waals surface area contributed by atoms with Crippen LogP contribution in [-0.4, -0.2) is 46.3 Å². The highest BCUT2D eigenvalue weighted by Gasteiger charge is 2.14. The zero-order valence-electron chi connectivity index (χ0n) is 13.5. The summed E-state index contributed by atoms with van der Waals surface area (Å²) in [6.07, 6.45) is 7.07. The van der Waals surface area contributed by atoms with Crippen molar-refractivity contribution in [2.24, 2.45) is 0 Å². The fraction of sp³-hybridized carbons (Fsp3) is 0.600. The smallest absolute Gasteiger partial charge is 0.407 e. The Labute approximate surface area is 131 Å². The maximum atomic E-state index is 11.4. The first kappa shape index (κ1) is 18.2. The molecule has 0 saturated heterocycles. The van der Waals surface area contributed by atoms with Gasteiger partial charge in [-0.25, -0.2) is 4.79 Å². The Morgan fingerprint density at radius 3 is 2.82 bits per heavy atom. The van der Waals surface area contributed by atoms with E-state index in [1.165, 1.54) is 0 Å². The molecule has 0 unspecified atom stereocenters. The average molecular weight is 310 g/mol. The monoisotopic (exact) mass is 310 g/mol. The van der Waals surface area contributed by atoms with Crippen LogP contribution >= 0.6 is 0 Å². The fourth-order valence-electron chi connectivity index (χ4n) is 1.65. The van der Waals surface area contributed by atoms with Crippen LogP contribution in [0.1, 0.15) is 26.3 Å². The third kappa shape index (κ3) is 8.43. The molecule has 3 N–H and O–H groups in total. The molecule has 0 atom stereocenters. The summed E-state index contributed by atoms with van der Waals surface area (Å²) >= 11 is 0. The summed E-state index contributed by atoms with van der Waals surface area (Å²) < 4.78 is 6.82. The van der Waals surface area contributed by atoms with Crippen LogP contribution in [0.2, 0.25) is 0 Å². The number of ether oxygens (including phenoxy) is 1. The molecule has 7 heteroatoms. The Bertz CT molecular complexity index is 477. The first-order valence-electron chi connectivity index (χ1n) is 7.35. The van der Waals surface area contributed by atoms with Crippen LogP contribution in [-0.2, 0) is 17.8 Å². The summed E-state index contributed by atoms with van der Waals surface area (Å²) in [4.78, 5) is 11.4. The summed E-state index contributed by atoms with van der Waals surface area (Å²) in [5.41, 5.74) is 0.587. The van der Waals surface area contributed by atoms with E-state index in [1.54, 1.807) is 10.9 Å². The van der Waals surface area contributed by atoms with E-state index in [9.17, 15) is 4.79 Å². The van der Waals surface area contributed by atoms with Crippen LogP contribution in [0.3, 0.4) is 0 Å². The lowest BCUT2D eigenvalue weighted by Crippen LogP contribution is -2.32. The van der Waals surface area contributed by atoms with Gasteiger partial charge in [-0.3, -0.25) is 4.68 Å². The topological polar surface area (TPSA) is 88.4 Å². The molecule has 1 aromatic heterocycles. The minimum Gasteiger partial charge on any atom is -0.444 e. The molecule has 0 bridgehead atoms. The molecule has 0 aromatic carbocycles. The Hall–Kier alpha value is -1.86. The molecular formula is C15H26N4O3. The van der Waals surface area contributed by atoms with Gasteiger partial charge >= 0.3 is 6.09 Å². The zero-order chi connectivity index (χ0) is 16.4. The standard InChI is InChI=1S/C15H26N4O3/c1-15(2,3)22-14(21)17-7-5-4-6-16-10-13-11-18-19(12-13)8-9-20/h4-5,11-12,16,20H,6-10H2,1-3H3,(H,17,21)/b5-4+. The lowest BCUT2D eigenvalue weighted by Gasteiger charge is -2.19. The normalized spacial score (nSPS) is 11.8. The Morgan fingerprint density at radius 1 is 1.41 bits per heavy atom. The van der Waals surface area contributed by atoms with E-state index in [-0.39, 0.29) is 6.61 Å². The highest BCUT2D eigenvalue weighted by molar-refractivity contribution is 5.67. The van der Waals surface area contributed by atoms with E-state index in [1.807, 2.05) is 39.1 Å². The van der Waals surface area contributed by atoms with Crippen molar-refractivity contribution in [3.8, 4) is 0 Å². The molecule has 0 aliphatic rings. The van der Waals surface area contributed by atoms with Gasteiger partial charge in [0, 0.05) is 31.4 Å². The molecule has 0 fully saturated rings. The van der Waals surface area contributed by atoms with E-state index >= 15 is 0 Å². The summed E-state index contributed by atoms with van der Waals surface area (Å²) in [6.45, 7) is 7.92. The number of alkyl carbamates (subject to hydrolysis) is 1. The lowest BCUT2D eigenvalue weighted by molar-refractivity contribution is 0.0534. The number of nitrogens with zero attached hydrogens (tertiary/aromatic N) is 2. The van der Waals surface area contributed by atoms with Gasteiger partial charge in [0.15, 0.2) is 0 Å². The number of hydrogen-bond acceptors (Lipinski definition) is 5. The van der Waals surface area contributed by atoms with Gasteiger partial charge in [0.05, 0.1) is 19.3 Å². The van der Waals surface area contributed by atoms with Gasteiger partial charge in [0.2, 0.25) is 0 Å². The van der Waals surface area contributed by atoms with Crippen LogP contribution in [0.4, 0.5) is 4.79 Å². The Kier molecular flexibility index (Phi) is 7.62. The fourth-order valence-corrected chi connectivity index (χ4v) is 1.65. The van der Waals surface area contributed by atoms with Crippen LogP contribution in [0.25, 0.3) is 0 Å². The Morgan fingerprint density at radius 2 is 2.14 bits per heavy atom. The van der Waals surface area contributed by atoms with Crippen molar-refractivity contribution in [2.75, 3.05) is 19.7 Å². The number of carbonyl (C=O) groups excluding carboxylic acids is 1. The van der Waals surface area contributed by atoms with Crippen LogP contribution in [0.15, 0.2) is 24.5 Å². The summed E-state index contributed by atoms with van der Waals surface area (Å²) in [7, 11) is 0. The quantitative estimate of drug-likeness (QED) is 0.493. The van der Waals surface area contributed by atoms with Crippen molar-refractivity contribution in [1.29, 1.82) is 0 Å². The third-order valence-corrected chi connectivity index (χ3v) is 2.54. The second kappa shape index (κ2) is 9.22. The van der Waals surface area contributed by atoms with Crippen molar-refractivity contribution in [3.63, 3.8) is 0 Å². The number of amides is 1. The molecule has 1 aromatic rings. The summed E-state index contributed by atoms with van der Waals surface area (Å²) in [6, 6.07) is 0. The van der Waals surface area contributed by atoms with Crippen molar-refractivity contribution < 1.29 is 14.6 Å². The molecule has 0 saturated carbocycles. The van der Waals surface area contributed by atoms with E-state index in [2.05, 4.69) is 15.7 Å². The number of carbonyl (C=O) groups is 1. The second-order valence-electron chi connectivity index (χ2n) is 5.82.